The number of nitrogens with two attached hydrogens (primary N) is 1. The molecule has 0 saturated heterocycles. The predicted molar refractivity (Wildman–Crippen MR) is 70.8 cm³/mol. The molecule has 6 nitrogen and oxygen atoms in total. The van der Waals surface area contributed by atoms with Crippen LogP contribution in [-0.2, 0) is 0 Å². The van der Waals surface area contributed by atoms with Gasteiger partial charge in [-0.25, -0.2) is 0 Å². The van der Waals surface area contributed by atoms with E-state index in [2.05, 4.69) is 5.32 Å². The SMILES string of the molecule is CCC(N)(CC)CNC(=O)c1ccc([N+](=O)[O-])s1. The van der Waals surface area contributed by atoms with E-state index in [1.54, 1.807) is 0 Å². The number of carbonyl (C=O) groups excluding carboxylic acids is 1. The van der Waals surface area contributed by atoms with Crippen LogP contribution in [0.5, 0.6) is 0 Å². The van der Waals surface area contributed by atoms with Crippen LogP contribution in [0.15, 0.2) is 12.1 Å². The lowest BCUT2D eigenvalue weighted by Crippen LogP contribution is -2.49. The fraction of sp³-hybridized carbons (Fsp3) is 0.545. The van der Waals surface area contributed by atoms with Crippen molar-refractivity contribution in [3.05, 3.63) is 27.1 Å². The first-order valence-corrected chi connectivity index (χ1v) is 6.55. The lowest BCUT2D eigenvalue weighted by molar-refractivity contribution is -0.380. The van der Waals surface area contributed by atoms with E-state index >= 15 is 0 Å². The Bertz CT molecular complexity index is 440. The average molecular weight is 271 g/mol. The highest BCUT2D eigenvalue weighted by Crippen LogP contribution is 2.23. The number of nitrogens with one attached hydrogen (secondary N) is 1. The summed E-state index contributed by atoms with van der Waals surface area (Å²) < 4.78 is 0. The van der Waals surface area contributed by atoms with Gasteiger partial charge in [-0.1, -0.05) is 25.2 Å². The van der Waals surface area contributed by atoms with Crippen LogP contribution >= 0.6 is 11.3 Å². The van der Waals surface area contributed by atoms with Crippen LogP contribution < -0.4 is 11.1 Å². The van der Waals surface area contributed by atoms with Crippen LogP contribution in [0.3, 0.4) is 0 Å². The second-order valence-electron chi connectivity index (χ2n) is 4.15. The van der Waals surface area contributed by atoms with Gasteiger partial charge in [0.15, 0.2) is 0 Å². The van der Waals surface area contributed by atoms with Crippen LogP contribution in [0, 0.1) is 10.1 Å². The summed E-state index contributed by atoms with van der Waals surface area (Å²) in [5, 5.41) is 13.2. The summed E-state index contributed by atoms with van der Waals surface area (Å²) in [6.45, 7) is 4.29. The number of amides is 1. The Balaban J connectivity index is 2.62. The Hall–Kier alpha value is -1.47. The maximum atomic E-state index is 11.8. The number of hydrogen-bond acceptors (Lipinski definition) is 5. The Kier molecular flexibility index (Phi) is 4.80. The molecule has 0 atom stereocenters. The van der Waals surface area contributed by atoms with E-state index in [4.69, 9.17) is 5.73 Å². The van der Waals surface area contributed by atoms with Gasteiger partial charge in [0.25, 0.3) is 5.91 Å². The number of rotatable bonds is 6. The molecule has 0 aliphatic heterocycles. The topological polar surface area (TPSA) is 98.3 Å². The zero-order valence-electron chi connectivity index (χ0n) is 10.4. The third-order valence-corrected chi connectivity index (χ3v) is 4.04. The molecule has 0 fully saturated rings. The van der Waals surface area contributed by atoms with E-state index in [1.807, 2.05) is 13.8 Å². The molecule has 1 aromatic rings. The van der Waals surface area contributed by atoms with Crippen molar-refractivity contribution < 1.29 is 9.72 Å². The molecular weight excluding hydrogens is 254 g/mol. The number of nitrogens with zero attached hydrogens (tertiary/aromatic N) is 1. The molecule has 18 heavy (non-hydrogen) atoms. The fourth-order valence-electron chi connectivity index (χ4n) is 1.39. The summed E-state index contributed by atoms with van der Waals surface area (Å²) in [7, 11) is 0. The quantitative estimate of drug-likeness (QED) is 0.609. The van der Waals surface area contributed by atoms with E-state index in [9.17, 15) is 14.9 Å². The molecule has 7 heteroatoms. The maximum Gasteiger partial charge on any atom is 0.324 e. The molecule has 0 aromatic carbocycles. The van der Waals surface area contributed by atoms with E-state index in [1.165, 1.54) is 12.1 Å². The predicted octanol–water partition coefficient (Wildman–Crippen LogP) is 1.90. The van der Waals surface area contributed by atoms with Crippen LogP contribution in [-0.4, -0.2) is 22.9 Å². The zero-order valence-corrected chi connectivity index (χ0v) is 11.3. The van der Waals surface area contributed by atoms with Gasteiger partial charge in [0, 0.05) is 18.2 Å². The molecular formula is C11H17N3O3S. The van der Waals surface area contributed by atoms with Crippen LogP contribution in [0.25, 0.3) is 0 Å². The van der Waals surface area contributed by atoms with Gasteiger partial charge >= 0.3 is 5.00 Å². The highest BCUT2D eigenvalue weighted by Gasteiger charge is 2.22. The summed E-state index contributed by atoms with van der Waals surface area (Å²) >= 11 is 0.863. The largest absolute Gasteiger partial charge is 0.349 e. The minimum absolute atomic E-state index is 0.0369. The Morgan fingerprint density at radius 1 is 1.50 bits per heavy atom. The number of hydrogen-bond donors (Lipinski definition) is 2. The summed E-state index contributed by atoms with van der Waals surface area (Å²) in [5.74, 6) is -0.315. The summed E-state index contributed by atoms with van der Waals surface area (Å²) in [6.07, 6.45) is 1.52. The number of nitro groups is 1. The second-order valence-corrected chi connectivity index (χ2v) is 5.21. The molecule has 0 saturated carbocycles. The average Bonchev–Trinajstić information content (AvgIpc) is 2.85. The molecule has 100 valence electrons. The number of thiophene rings is 1. The lowest BCUT2D eigenvalue weighted by atomic mass is 9.94. The first kappa shape index (κ1) is 14.6. The van der Waals surface area contributed by atoms with E-state index < -0.39 is 10.5 Å². The van der Waals surface area contributed by atoms with Crippen molar-refractivity contribution >= 4 is 22.2 Å². The molecule has 0 aliphatic carbocycles. The van der Waals surface area contributed by atoms with E-state index in [0.29, 0.717) is 11.4 Å². The molecule has 1 amide bonds. The Morgan fingerprint density at radius 3 is 2.56 bits per heavy atom. The lowest BCUT2D eigenvalue weighted by Gasteiger charge is -2.26. The molecule has 0 bridgehead atoms. The summed E-state index contributed by atoms with van der Waals surface area (Å²) in [4.78, 5) is 22.1. The number of carbonyl (C=O) groups is 1. The molecule has 0 aliphatic rings. The van der Waals surface area contributed by atoms with Crippen molar-refractivity contribution in [1.82, 2.24) is 5.32 Å². The Labute approximate surface area is 109 Å². The van der Waals surface area contributed by atoms with Crippen molar-refractivity contribution in [2.45, 2.75) is 32.2 Å². The molecule has 1 heterocycles. The van der Waals surface area contributed by atoms with E-state index in [-0.39, 0.29) is 10.9 Å². The normalized spacial score (nSPS) is 11.3. The van der Waals surface area contributed by atoms with Crippen LogP contribution in [0.1, 0.15) is 36.4 Å². The molecule has 0 radical (unpaired) electrons. The highest BCUT2D eigenvalue weighted by molar-refractivity contribution is 7.17. The van der Waals surface area contributed by atoms with Gasteiger partial charge in [-0.3, -0.25) is 14.9 Å². The molecule has 0 unspecified atom stereocenters. The standard InChI is InChI=1S/C11H17N3O3S/c1-3-11(12,4-2)7-13-10(15)8-5-6-9(18-8)14(16)17/h5-6H,3-4,7,12H2,1-2H3,(H,13,15). The molecule has 0 spiro atoms. The van der Waals surface area contributed by atoms with Gasteiger partial charge in [-0.05, 0) is 18.9 Å². The molecule has 1 rings (SSSR count). The monoisotopic (exact) mass is 271 g/mol. The summed E-state index contributed by atoms with van der Waals surface area (Å²) in [6, 6.07) is 2.78. The molecule has 1 aromatic heterocycles. The van der Waals surface area contributed by atoms with Gasteiger partial charge in [0.05, 0.1) is 9.80 Å². The van der Waals surface area contributed by atoms with Gasteiger partial charge in [-0.15, -0.1) is 0 Å². The van der Waals surface area contributed by atoms with Crippen molar-refractivity contribution in [2.24, 2.45) is 5.73 Å². The van der Waals surface area contributed by atoms with Crippen LogP contribution in [0.4, 0.5) is 5.00 Å². The van der Waals surface area contributed by atoms with Crippen molar-refractivity contribution in [3.63, 3.8) is 0 Å². The van der Waals surface area contributed by atoms with E-state index in [0.717, 1.165) is 24.2 Å². The maximum absolute atomic E-state index is 11.8. The van der Waals surface area contributed by atoms with Gasteiger partial charge in [-0.2, -0.15) is 0 Å². The van der Waals surface area contributed by atoms with Crippen molar-refractivity contribution in [1.29, 1.82) is 0 Å². The van der Waals surface area contributed by atoms with Crippen molar-refractivity contribution in [2.75, 3.05) is 6.54 Å². The van der Waals surface area contributed by atoms with Crippen LogP contribution in [0.2, 0.25) is 0 Å². The minimum atomic E-state index is -0.507. The van der Waals surface area contributed by atoms with Gasteiger partial charge in [0.1, 0.15) is 0 Å². The first-order chi connectivity index (χ1) is 8.41. The fourth-order valence-corrected chi connectivity index (χ4v) is 2.13. The third-order valence-electron chi connectivity index (χ3n) is 3.00. The highest BCUT2D eigenvalue weighted by atomic mass is 32.1. The smallest absolute Gasteiger partial charge is 0.324 e. The zero-order chi connectivity index (χ0) is 13.8. The third kappa shape index (κ3) is 3.51. The summed E-state index contributed by atoms with van der Waals surface area (Å²) in [5.41, 5.74) is 5.64. The Morgan fingerprint density at radius 2 is 2.11 bits per heavy atom. The second kappa shape index (κ2) is 5.92. The first-order valence-electron chi connectivity index (χ1n) is 5.73. The molecule has 3 N–H and O–H groups in total. The minimum Gasteiger partial charge on any atom is -0.349 e. The van der Waals surface area contributed by atoms with Gasteiger partial charge < -0.3 is 11.1 Å². The van der Waals surface area contributed by atoms with Crippen molar-refractivity contribution in [3.8, 4) is 0 Å². The van der Waals surface area contributed by atoms with Gasteiger partial charge in [0.2, 0.25) is 0 Å².